The lowest BCUT2D eigenvalue weighted by molar-refractivity contribution is 0.0997. The van der Waals surface area contributed by atoms with E-state index in [2.05, 4.69) is 20.3 Å². The van der Waals surface area contributed by atoms with Gasteiger partial charge in [0.05, 0.1) is 25.2 Å². The molecule has 1 aromatic carbocycles. The van der Waals surface area contributed by atoms with E-state index < -0.39 is 0 Å². The molecule has 0 aliphatic carbocycles. The summed E-state index contributed by atoms with van der Waals surface area (Å²) in [5, 5.41) is 4.10. The second-order valence-electron chi connectivity index (χ2n) is 5.63. The Morgan fingerprint density at radius 1 is 1.15 bits per heavy atom. The number of nitrogens with zero attached hydrogens (tertiary/aromatic N) is 4. The quantitative estimate of drug-likeness (QED) is 0.519. The van der Waals surface area contributed by atoms with Crippen molar-refractivity contribution in [2.75, 3.05) is 24.3 Å². The van der Waals surface area contributed by atoms with Gasteiger partial charge in [-0.25, -0.2) is 15.0 Å². The zero-order valence-electron chi connectivity index (χ0n) is 14.4. The van der Waals surface area contributed by atoms with Crippen LogP contribution in [-0.2, 0) is 0 Å². The summed E-state index contributed by atoms with van der Waals surface area (Å²) in [6.07, 6.45) is 1.69. The van der Waals surface area contributed by atoms with E-state index in [-0.39, 0.29) is 5.91 Å². The molecule has 27 heavy (non-hydrogen) atoms. The number of amides is 1. The smallest absolute Gasteiger partial charge is 0.269 e. The summed E-state index contributed by atoms with van der Waals surface area (Å²) in [6.45, 7) is 0. The summed E-state index contributed by atoms with van der Waals surface area (Å²) in [5.74, 6) is 0.418. The van der Waals surface area contributed by atoms with E-state index in [0.29, 0.717) is 26.5 Å². The third kappa shape index (κ3) is 3.39. The van der Waals surface area contributed by atoms with Gasteiger partial charge in [0.25, 0.3) is 5.91 Å². The van der Waals surface area contributed by atoms with E-state index in [4.69, 9.17) is 11.6 Å². The van der Waals surface area contributed by atoms with Crippen molar-refractivity contribution in [1.29, 1.82) is 0 Å². The highest BCUT2D eigenvalue weighted by atomic mass is 35.5. The van der Waals surface area contributed by atoms with Gasteiger partial charge in [0, 0.05) is 20.3 Å². The fraction of sp³-hybridized carbons (Fsp3) is 0.111. The van der Waals surface area contributed by atoms with Gasteiger partial charge < -0.3 is 5.32 Å². The predicted molar refractivity (Wildman–Crippen MR) is 112 cm³/mol. The Morgan fingerprint density at radius 2 is 2.00 bits per heavy atom. The molecule has 4 rings (SSSR count). The van der Waals surface area contributed by atoms with Crippen LogP contribution in [-0.4, -0.2) is 35.0 Å². The van der Waals surface area contributed by atoms with E-state index in [1.807, 2.05) is 24.3 Å². The average molecular weight is 416 g/mol. The van der Waals surface area contributed by atoms with Gasteiger partial charge in [-0.2, -0.15) is 0 Å². The number of rotatable bonds is 4. The number of aromatic nitrogens is 3. The maximum atomic E-state index is 12.9. The fourth-order valence-electron chi connectivity index (χ4n) is 2.51. The molecule has 0 aliphatic heterocycles. The summed E-state index contributed by atoms with van der Waals surface area (Å²) in [6, 6.07) is 11.1. The summed E-state index contributed by atoms with van der Waals surface area (Å²) < 4.78 is 0.949. The molecule has 136 valence electrons. The SMILES string of the molecule is CNc1nccc(-c2ccc(C(=O)N(C)c3nc4c(Cl)cccc4s3)s2)n1. The van der Waals surface area contributed by atoms with Gasteiger partial charge in [-0.1, -0.05) is 29.0 Å². The number of nitrogens with one attached hydrogen (secondary N) is 1. The minimum atomic E-state index is -0.121. The number of para-hydroxylation sites is 1. The molecule has 3 aromatic heterocycles. The van der Waals surface area contributed by atoms with Crippen molar-refractivity contribution in [3.05, 3.63) is 52.5 Å². The molecular weight excluding hydrogens is 402 g/mol. The highest BCUT2D eigenvalue weighted by Gasteiger charge is 2.20. The van der Waals surface area contributed by atoms with Gasteiger partial charge in [-0.05, 0) is 30.3 Å². The van der Waals surface area contributed by atoms with Gasteiger partial charge in [-0.3, -0.25) is 9.69 Å². The van der Waals surface area contributed by atoms with Gasteiger partial charge in [0.15, 0.2) is 5.13 Å². The molecule has 9 heteroatoms. The first kappa shape index (κ1) is 17.8. The van der Waals surface area contributed by atoms with Crippen LogP contribution in [0.3, 0.4) is 0 Å². The largest absolute Gasteiger partial charge is 0.357 e. The zero-order valence-corrected chi connectivity index (χ0v) is 16.8. The van der Waals surface area contributed by atoms with Gasteiger partial charge in [0.1, 0.15) is 5.52 Å². The number of hydrogen-bond acceptors (Lipinski definition) is 7. The Morgan fingerprint density at radius 3 is 2.78 bits per heavy atom. The molecule has 6 nitrogen and oxygen atoms in total. The normalized spacial score (nSPS) is 10.9. The fourth-order valence-corrected chi connectivity index (χ4v) is 4.68. The number of thiophene rings is 1. The topological polar surface area (TPSA) is 71.0 Å². The van der Waals surface area contributed by atoms with Crippen LogP contribution >= 0.6 is 34.3 Å². The molecule has 0 spiro atoms. The van der Waals surface area contributed by atoms with Crippen molar-refractivity contribution in [2.45, 2.75) is 0 Å². The Labute approximate surface area is 168 Å². The monoisotopic (exact) mass is 415 g/mol. The van der Waals surface area contributed by atoms with Crippen LogP contribution in [0.1, 0.15) is 9.67 Å². The van der Waals surface area contributed by atoms with Gasteiger partial charge in [-0.15, -0.1) is 11.3 Å². The van der Waals surface area contributed by atoms with Crippen molar-refractivity contribution >= 4 is 61.5 Å². The first-order valence-corrected chi connectivity index (χ1v) is 10.0. The highest BCUT2D eigenvalue weighted by molar-refractivity contribution is 7.22. The number of fused-ring (bicyclic) bond motifs is 1. The molecule has 0 aliphatic rings. The lowest BCUT2D eigenvalue weighted by atomic mass is 10.3. The van der Waals surface area contributed by atoms with Crippen LogP contribution in [0.5, 0.6) is 0 Å². The second-order valence-corrected chi connectivity index (χ2v) is 8.13. The summed E-state index contributed by atoms with van der Waals surface area (Å²) >= 11 is 9.02. The van der Waals surface area contributed by atoms with Crippen LogP contribution in [0, 0.1) is 0 Å². The molecule has 0 radical (unpaired) electrons. The third-order valence-corrected chi connectivity index (χ3v) is 6.40. The van der Waals surface area contributed by atoms with Crippen molar-refractivity contribution in [3.63, 3.8) is 0 Å². The third-order valence-electron chi connectivity index (χ3n) is 3.90. The molecule has 0 unspecified atom stereocenters. The maximum absolute atomic E-state index is 12.9. The van der Waals surface area contributed by atoms with E-state index >= 15 is 0 Å². The molecule has 1 N–H and O–H groups in total. The minimum absolute atomic E-state index is 0.121. The Bertz CT molecular complexity index is 1140. The molecule has 0 saturated carbocycles. The molecule has 4 aromatic rings. The van der Waals surface area contributed by atoms with Crippen molar-refractivity contribution < 1.29 is 4.79 Å². The van der Waals surface area contributed by atoms with Crippen LogP contribution in [0.2, 0.25) is 5.02 Å². The molecule has 0 bridgehead atoms. The number of halogens is 1. The summed E-state index contributed by atoms with van der Waals surface area (Å²) in [5.41, 5.74) is 1.49. The molecule has 0 fully saturated rings. The zero-order chi connectivity index (χ0) is 19.0. The van der Waals surface area contributed by atoms with Crippen LogP contribution in [0.25, 0.3) is 20.8 Å². The molecule has 0 atom stereocenters. The summed E-state index contributed by atoms with van der Waals surface area (Å²) in [4.78, 5) is 29.0. The van der Waals surface area contributed by atoms with E-state index in [9.17, 15) is 4.79 Å². The standard InChI is InChI=1S/C18H14ClN5OS2/c1-20-17-21-9-8-11(22-17)12-6-7-14(26-12)16(25)24(2)18-23-15-10(19)4-3-5-13(15)27-18/h3-9H,1-2H3,(H,20,21,22). The van der Waals surface area contributed by atoms with E-state index in [0.717, 1.165) is 15.3 Å². The Balaban J connectivity index is 1.62. The van der Waals surface area contributed by atoms with Crippen LogP contribution < -0.4 is 10.2 Å². The molecular formula is C18H14ClN5OS2. The first-order valence-electron chi connectivity index (χ1n) is 8.01. The lowest BCUT2D eigenvalue weighted by Gasteiger charge is -2.11. The molecule has 1 amide bonds. The number of carbonyl (C=O) groups is 1. The van der Waals surface area contributed by atoms with Crippen LogP contribution in [0.4, 0.5) is 11.1 Å². The van der Waals surface area contributed by atoms with E-state index in [1.54, 1.807) is 37.3 Å². The number of thiazole rings is 1. The number of anilines is 2. The second kappa shape index (κ2) is 7.22. The molecule has 3 heterocycles. The molecule has 0 saturated heterocycles. The van der Waals surface area contributed by atoms with Crippen LogP contribution in [0.15, 0.2) is 42.6 Å². The van der Waals surface area contributed by atoms with Crippen molar-refractivity contribution in [1.82, 2.24) is 15.0 Å². The number of hydrogen-bond donors (Lipinski definition) is 1. The first-order chi connectivity index (χ1) is 13.1. The minimum Gasteiger partial charge on any atom is -0.357 e. The van der Waals surface area contributed by atoms with Gasteiger partial charge in [0.2, 0.25) is 5.95 Å². The Hall–Kier alpha value is -2.55. The van der Waals surface area contributed by atoms with E-state index in [1.165, 1.54) is 22.7 Å². The number of carbonyl (C=O) groups excluding carboxylic acids is 1. The maximum Gasteiger partial charge on any atom is 0.269 e. The predicted octanol–water partition coefficient (Wildman–Crippen LogP) is 4.79. The van der Waals surface area contributed by atoms with Crippen molar-refractivity contribution in [3.8, 4) is 10.6 Å². The van der Waals surface area contributed by atoms with Gasteiger partial charge >= 0.3 is 0 Å². The lowest BCUT2D eigenvalue weighted by Crippen LogP contribution is -2.25. The summed E-state index contributed by atoms with van der Waals surface area (Å²) in [7, 11) is 3.48. The highest BCUT2D eigenvalue weighted by Crippen LogP contribution is 2.34. The Kier molecular flexibility index (Phi) is 4.77. The average Bonchev–Trinajstić information content (AvgIpc) is 3.35. The van der Waals surface area contributed by atoms with Crippen molar-refractivity contribution in [2.24, 2.45) is 0 Å². The number of benzene rings is 1.